The summed E-state index contributed by atoms with van der Waals surface area (Å²) in [6.07, 6.45) is 1.49. The summed E-state index contributed by atoms with van der Waals surface area (Å²) >= 11 is 0. The van der Waals surface area contributed by atoms with E-state index in [-0.39, 0.29) is 11.6 Å². The highest BCUT2D eigenvalue weighted by Gasteiger charge is 2.37. The first kappa shape index (κ1) is 12.8. The molecule has 0 saturated carbocycles. The average Bonchev–Trinajstić information content (AvgIpc) is 2.74. The molecule has 0 fully saturated rings. The van der Waals surface area contributed by atoms with Gasteiger partial charge in [0.2, 0.25) is 0 Å². The van der Waals surface area contributed by atoms with Crippen molar-refractivity contribution in [2.24, 2.45) is 5.92 Å². The zero-order valence-corrected chi connectivity index (χ0v) is 11.4. The van der Waals surface area contributed by atoms with Gasteiger partial charge < -0.3 is 0 Å². The van der Waals surface area contributed by atoms with Crippen LogP contribution in [-0.2, 0) is 12.8 Å². The van der Waals surface area contributed by atoms with Crippen LogP contribution in [0.4, 0.5) is 0 Å². The van der Waals surface area contributed by atoms with Crippen molar-refractivity contribution in [2.75, 3.05) is 0 Å². The lowest BCUT2D eigenvalue weighted by molar-refractivity contribution is 0.0838. The molecule has 0 unspecified atom stereocenters. The molecule has 1 aliphatic carbocycles. The van der Waals surface area contributed by atoms with Crippen molar-refractivity contribution in [3.05, 3.63) is 70.8 Å². The van der Waals surface area contributed by atoms with E-state index in [0.29, 0.717) is 17.5 Å². The maximum absolute atomic E-state index is 12.3. The van der Waals surface area contributed by atoms with Crippen molar-refractivity contribution in [3.63, 3.8) is 0 Å². The fourth-order valence-electron chi connectivity index (χ4n) is 2.74. The van der Waals surface area contributed by atoms with Crippen LogP contribution in [0.5, 0.6) is 0 Å². The molecule has 0 bridgehead atoms. The Morgan fingerprint density at radius 3 is 1.80 bits per heavy atom. The Kier molecular flexibility index (Phi) is 3.23. The van der Waals surface area contributed by atoms with Gasteiger partial charge in [-0.3, -0.25) is 9.59 Å². The molecule has 0 N–H and O–H groups in total. The summed E-state index contributed by atoms with van der Waals surface area (Å²) in [5.41, 5.74) is 3.46. The van der Waals surface area contributed by atoms with Gasteiger partial charge in [0.1, 0.15) is 0 Å². The highest BCUT2D eigenvalue weighted by atomic mass is 16.2. The molecule has 2 aromatic rings. The van der Waals surface area contributed by atoms with Gasteiger partial charge in [-0.25, -0.2) is 0 Å². The quantitative estimate of drug-likeness (QED) is 0.795. The van der Waals surface area contributed by atoms with Crippen LogP contribution >= 0.6 is 0 Å². The second-order valence-corrected chi connectivity index (χ2v) is 5.20. The monoisotopic (exact) mass is 264 g/mol. The summed E-state index contributed by atoms with van der Waals surface area (Å²) in [7, 11) is 0. The molecule has 0 aliphatic heterocycles. The molecule has 3 rings (SSSR count). The van der Waals surface area contributed by atoms with E-state index in [9.17, 15) is 9.59 Å². The highest BCUT2D eigenvalue weighted by Crippen LogP contribution is 2.29. The molecular weight excluding hydrogens is 248 g/mol. The Labute approximate surface area is 118 Å². The molecule has 20 heavy (non-hydrogen) atoms. The van der Waals surface area contributed by atoms with Crippen molar-refractivity contribution in [3.8, 4) is 0 Å². The fourth-order valence-corrected chi connectivity index (χ4v) is 2.74. The second-order valence-electron chi connectivity index (χ2n) is 5.20. The lowest BCUT2D eigenvalue weighted by Crippen LogP contribution is -2.17. The number of hydrogen-bond donors (Lipinski definition) is 0. The Bertz CT molecular complexity index is 633. The Morgan fingerprint density at radius 2 is 1.30 bits per heavy atom. The number of carbonyl (C=O) groups excluding carboxylic acids is 2. The third-order valence-corrected chi connectivity index (χ3v) is 3.96. The standard InChI is InChI=1S/C18H16O2/c1-2-12-7-9-13(10-8-12)11-16-17(19)14-5-3-4-6-15(14)18(16)20/h3-10,16H,2,11H2,1H3. The molecule has 100 valence electrons. The van der Waals surface area contributed by atoms with E-state index in [1.165, 1.54) is 5.56 Å². The predicted octanol–water partition coefficient (Wildman–Crippen LogP) is 3.49. The third-order valence-electron chi connectivity index (χ3n) is 3.96. The van der Waals surface area contributed by atoms with Crippen LogP contribution < -0.4 is 0 Å². The molecule has 1 aliphatic rings. The van der Waals surface area contributed by atoms with Gasteiger partial charge in [-0.05, 0) is 24.0 Å². The number of benzene rings is 2. The minimum Gasteiger partial charge on any atom is -0.293 e. The van der Waals surface area contributed by atoms with Crippen molar-refractivity contribution < 1.29 is 9.59 Å². The maximum atomic E-state index is 12.3. The number of rotatable bonds is 3. The first-order valence-corrected chi connectivity index (χ1v) is 6.96. The van der Waals surface area contributed by atoms with E-state index >= 15 is 0 Å². The molecule has 0 heterocycles. The third kappa shape index (κ3) is 2.07. The number of fused-ring (bicyclic) bond motifs is 1. The van der Waals surface area contributed by atoms with E-state index in [4.69, 9.17) is 0 Å². The van der Waals surface area contributed by atoms with Crippen LogP contribution in [0.3, 0.4) is 0 Å². The van der Waals surface area contributed by atoms with Crippen LogP contribution in [0, 0.1) is 5.92 Å². The molecule has 0 radical (unpaired) electrons. The summed E-state index contributed by atoms with van der Waals surface area (Å²) in [6.45, 7) is 2.11. The van der Waals surface area contributed by atoms with Crippen LogP contribution in [0.25, 0.3) is 0 Å². The Hall–Kier alpha value is -2.22. The molecule has 2 heteroatoms. The van der Waals surface area contributed by atoms with Gasteiger partial charge in [0.15, 0.2) is 11.6 Å². The minimum absolute atomic E-state index is 0.0369. The molecule has 0 atom stereocenters. The summed E-state index contributed by atoms with van der Waals surface area (Å²) < 4.78 is 0. The van der Waals surface area contributed by atoms with E-state index in [1.54, 1.807) is 12.1 Å². The molecule has 0 spiro atoms. The number of carbonyl (C=O) groups is 2. The maximum Gasteiger partial charge on any atom is 0.174 e. The van der Waals surface area contributed by atoms with E-state index in [1.807, 2.05) is 24.3 Å². The van der Waals surface area contributed by atoms with Gasteiger partial charge in [0.05, 0.1) is 5.92 Å². The smallest absolute Gasteiger partial charge is 0.174 e. The zero-order chi connectivity index (χ0) is 14.1. The van der Waals surface area contributed by atoms with E-state index in [2.05, 4.69) is 19.1 Å². The number of Topliss-reactive ketones (excluding diaryl/α,β-unsaturated/α-hetero) is 2. The SMILES string of the molecule is CCc1ccc(CC2C(=O)c3ccccc3C2=O)cc1. The lowest BCUT2D eigenvalue weighted by atomic mass is 9.94. The molecule has 2 nitrogen and oxygen atoms in total. The van der Waals surface area contributed by atoms with Gasteiger partial charge in [-0.1, -0.05) is 55.5 Å². The number of ketones is 2. The van der Waals surface area contributed by atoms with Gasteiger partial charge in [0.25, 0.3) is 0 Å². The van der Waals surface area contributed by atoms with Crippen molar-refractivity contribution in [1.29, 1.82) is 0 Å². The normalized spacial score (nSPS) is 14.7. The Balaban J connectivity index is 1.85. The van der Waals surface area contributed by atoms with Crippen molar-refractivity contribution in [1.82, 2.24) is 0 Å². The van der Waals surface area contributed by atoms with E-state index in [0.717, 1.165) is 12.0 Å². The molecule has 0 aromatic heterocycles. The van der Waals surface area contributed by atoms with Crippen LogP contribution in [0.1, 0.15) is 38.8 Å². The first-order valence-electron chi connectivity index (χ1n) is 6.96. The van der Waals surface area contributed by atoms with Crippen molar-refractivity contribution in [2.45, 2.75) is 19.8 Å². The first-order chi connectivity index (χ1) is 9.70. The molecular formula is C18H16O2. The van der Waals surface area contributed by atoms with Gasteiger partial charge in [-0.15, -0.1) is 0 Å². The van der Waals surface area contributed by atoms with Crippen LogP contribution in [0.15, 0.2) is 48.5 Å². The van der Waals surface area contributed by atoms with Crippen molar-refractivity contribution >= 4 is 11.6 Å². The van der Waals surface area contributed by atoms with Gasteiger partial charge in [0, 0.05) is 11.1 Å². The molecule has 2 aromatic carbocycles. The predicted molar refractivity (Wildman–Crippen MR) is 78.1 cm³/mol. The largest absolute Gasteiger partial charge is 0.293 e. The Morgan fingerprint density at radius 1 is 0.800 bits per heavy atom. The van der Waals surface area contributed by atoms with Gasteiger partial charge >= 0.3 is 0 Å². The average molecular weight is 264 g/mol. The summed E-state index contributed by atoms with van der Waals surface area (Å²) in [4.78, 5) is 24.6. The molecule has 0 amide bonds. The zero-order valence-electron chi connectivity index (χ0n) is 11.4. The minimum atomic E-state index is -0.542. The summed E-state index contributed by atoms with van der Waals surface area (Å²) in [6, 6.07) is 15.3. The second kappa shape index (κ2) is 5.04. The van der Waals surface area contributed by atoms with Crippen LogP contribution in [0.2, 0.25) is 0 Å². The van der Waals surface area contributed by atoms with Gasteiger partial charge in [-0.2, -0.15) is 0 Å². The number of aryl methyl sites for hydroxylation is 1. The highest BCUT2D eigenvalue weighted by molar-refractivity contribution is 6.26. The fraction of sp³-hybridized carbons (Fsp3) is 0.222. The summed E-state index contributed by atoms with van der Waals surface area (Å²) in [5, 5.41) is 0. The lowest BCUT2D eigenvalue weighted by Gasteiger charge is -2.07. The summed E-state index contributed by atoms with van der Waals surface area (Å²) in [5.74, 6) is -0.616. The van der Waals surface area contributed by atoms with Crippen LogP contribution in [-0.4, -0.2) is 11.6 Å². The molecule has 0 saturated heterocycles. The topological polar surface area (TPSA) is 34.1 Å². The number of hydrogen-bond acceptors (Lipinski definition) is 2. The van der Waals surface area contributed by atoms with E-state index < -0.39 is 5.92 Å².